The van der Waals surface area contributed by atoms with Gasteiger partial charge in [0, 0.05) is 41.1 Å². The minimum atomic E-state index is -0.281. The molecular formula is C27H27FN4O. The van der Waals surface area contributed by atoms with Crippen LogP contribution in [0.5, 0.6) is 0 Å². The molecule has 0 amide bonds. The van der Waals surface area contributed by atoms with Gasteiger partial charge in [-0.2, -0.15) is 0 Å². The summed E-state index contributed by atoms with van der Waals surface area (Å²) in [5, 5.41) is 0.776. The molecule has 0 unspecified atom stereocenters. The van der Waals surface area contributed by atoms with Gasteiger partial charge in [0.2, 0.25) is 0 Å². The fraction of sp³-hybridized carbons (Fsp3) is 0.333. The van der Waals surface area contributed by atoms with Crippen LogP contribution in [0.1, 0.15) is 58.8 Å². The highest BCUT2D eigenvalue weighted by molar-refractivity contribution is 5.91. The number of hydrogen-bond donors (Lipinski definition) is 0. The second kappa shape index (κ2) is 8.60. The second-order valence-corrected chi connectivity index (χ2v) is 8.99. The molecule has 6 heteroatoms. The van der Waals surface area contributed by atoms with E-state index in [1.165, 1.54) is 0 Å². The Balaban J connectivity index is 1.62. The van der Waals surface area contributed by atoms with E-state index in [1.54, 1.807) is 12.1 Å². The highest BCUT2D eigenvalue weighted by Gasteiger charge is 2.28. The van der Waals surface area contributed by atoms with Gasteiger partial charge >= 0.3 is 0 Å². The first-order valence-electron chi connectivity index (χ1n) is 11.4. The fourth-order valence-corrected chi connectivity index (χ4v) is 4.49. The van der Waals surface area contributed by atoms with Crippen molar-refractivity contribution in [3.8, 4) is 11.3 Å². The highest BCUT2D eigenvalue weighted by atomic mass is 19.1. The smallest absolute Gasteiger partial charge is 0.163 e. The van der Waals surface area contributed by atoms with Gasteiger partial charge in [0.25, 0.3) is 0 Å². The van der Waals surface area contributed by atoms with Crippen molar-refractivity contribution in [2.75, 3.05) is 6.61 Å². The first kappa shape index (κ1) is 21.6. The zero-order valence-electron chi connectivity index (χ0n) is 19.4. The molecule has 0 spiro atoms. The van der Waals surface area contributed by atoms with Gasteiger partial charge < -0.3 is 4.74 Å². The third kappa shape index (κ3) is 4.23. The molecule has 3 aromatic heterocycles. The van der Waals surface area contributed by atoms with Gasteiger partial charge in [0.15, 0.2) is 5.65 Å². The van der Waals surface area contributed by atoms with E-state index in [0.717, 1.165) is 46.3 Å². The van der Waals surface area contributed by atoms with Gasteiger partial charge in [-0.05, 0) is 87.6 Å². The topological polar surface area (TPSA) is 60.8 Å². The average molecular weight is 443 g/mol. The number of nitrogens with zero attached hydrogens (tertiary/aromatic N) is 4. The van der Waals surface area contributed by atoms with E-state index >= 15 is 4.39 Å². The number of aryl methyl sites for hydroxylation is 4. The second-order valence-electron chi connectivity index (χ2n) is 8.99. The molecular weight excluding hydrogens is 415 g/mol. The lowest BCUT2D eigenvalue weighted by molar-refractivity contribution is 0.00393. The molecule has 168 valence electrons. The largest absolute Gasteiger partial charge is 0.373 e. The summed E-state index contributed by atoms with van der Waals surface area (Å²) in [6.07, 6.45) is 3.34. The van der Waals surface area contributed by atoms with Crippen molar-refractivity contribution in [2.24, 2.45) is 0 Å². The molecule has 0 radical (unpaired) electrons. The van der Waals surface area contributed by atoms with Crippen molar-refractivity contribution >= 4 is 11.0 Å². The van der Waals surface area contributed by atoms with Crippen molar-refractivity contribution in [3.63, 3.8) is 0 Å². The lowest BCUT2D eigenvalue weighted by Crippen LogP contribution is -2.21. The van der Waals surface area contributed by atoms with E-state index < -0.39 is 0 Å². The molecule has 0 N–H and O–H groups in total. The summed E-state index contributed by atoms with van der Waals surface area (Å²) in [5.41, 5.74) is 6.60. The van der Waals surface area contributed by atoms with Crippen LogP contribution in [0.25, 0.3) is 22.3 Å². The van der Waals surface area contributed by atoms with Crippen molar-refractivity contribution < 1.29 is 9.13 Å². The monoisotopic (exact) mass is 442 g/mol. The summed E-state index contributed by atoms with van der Waals surface area (Å²) in [6.45, 7) is 8.46. The molecule has 5 nitrogen and oxygen atoms in total. The van der Waals surface area contributed by atoms with E-state index in [0.29, 0.717) is 29.3 Å². The maximum atomic E-state index is 15.0. The predicted octanol–water partition coefficient (Wildman–Crippen LogP) is 6.09. The minimum Gasteiger partial charge on any atom is -0.373 e. The van der Waals surface area contributed by atoms with Gasteiger partial charge in [-0.25, -0.2) is 19.3 Å². The Morgan fingerprint density at radius 2 is 1.82 bits per heavy atom. The minimum absolute atomic E-state index is 0.0444. The zero-order chi connectivity index (χ0) is 23.1. The summed E-state index contributed by atoms with van der Waals surface area (Å²) in [5.74, 6) is 0.515. The van der Waals surface area contributed by atoms with Crippen LogP contribution in [-0.4, -0.2) is 26.5 Å². The lowest BCUT2D eigenvalue weighted by atomic mass is 9.91. The maximum absolute atomic E-state index is 15.0. The number of hydrogen-bond acceptors (Lipinski definition) is 5. The van der Waals surface area contributed by atoms with Gasteiger partial charge in [-0.3, -0.25) is 4.98 Å². The molecule has 0 saturated carbocycles. The van der Waals surface area contributed by atoms with E-state index in [9.17, 15) is 0 Å². The van der Waals surface area contributed by atoms with Crippen LogP contribution in [-0.2, 0) is 4.74 Å². The molecule has 0 bridgehead atoms. The van der Waals surface area contributed by atoms with Crippen LogP contribution in [0.15, 0.2) is 42.6 Å². The Labute approximate surface area is 193 Å². The van der Waals surface area contributed by atoms with Gasteiger partial charge in [0.1, 0.15) is 11.6 Å². The quantitative estimate of drug-likeness (QED) is 0.384. The molecule has 1 aromatic carbocycles. The summed E-state index contributed by atoms with van der Waals surface area (Å²) < 4.78 is 21.1. The molecule has 0 aliphatic carbocycles. The molecule has 1 aliphatic rings. The molecule has 1 fully saturated rings. The number of halogens is 1. The Bertz CT molecular complexity index is 1350. The maximum Gasteiger partial charge on any atom is 0.163 e. The molecule has 4 aromatic rings. The van der Waals surface area contributed by atoms with Crippen LogP contribution < -0.4 is 0 Å². The fourth-order valence-electron chi connectivity index (χ4n) is 4.49. The van der Waals surface area contributed by atoms with Crippen molar-refractivity contribution in [3.05, 3.63) is 82.3 Å². The van der Waals surface area contributed by atoms with Crippen LogP contribution in [0, 0.1) is 33.5 Å². The van der Waals surface area contributed by atoms with E-state index in [-0.39, 0.29) is 17.8 Å². The summed E-state index contributed by atoms with van der Waals surface area (Å²) in [4.78, 5) is 18.8. The number of aromatic nitrogens is 4. The molecule has 2 atom stereocenters. The zero-order valence-corrected chi connectivity index (χ0v) is 19.4. The van der Waals surface area contributed by atoms with Gasteiger partial charge in [-0.1, -0.05) is 6.07 Å². The van der Waals surface area contributed by atoms with Crippen LogP contribution in [0.4, 0.5) is 4.39 Å². The van der Waals surface area contributed by atoms with Crippen molar-refractivity contribution in [1.29, 1.82) is 0 Å². The lowest BCUT2D eigenvalue weighted by Gasteiger charge is -2.29. The van der Waals surface area contributed by atoms with Crippen molar-refractivity contribution in [2.45, 2.75) is 52.6 Å². The van der Waals surface area contributed by atoms with E-state index in [4.69, 9.17) is 19.7 Å². The Morgan fingerprint density at radius 3 is 2.61 bits per heavy atom. The Kier molecular flexibility index (Phi) is 5.62. The highest BCUT2D eigenvalue weighted by Crippen LogP contribution is 2.38. The van der Waals surface area contributed by atoms with Gasteiger partial charge in [0.05, 0.1) is 11.8 Å². The normalized spacial score (nSPS) is 18.6. The van der Waals surface area contributed by atoms with E-state index in [2.05, 4.69) is 11.1 Å². The van der Waals surface area contributed by atoms with E-state index in [1.807, 2.05) is 52.1 Å². The van der Waals surface area contributed by atoms with Crippen LogP contribution in [0.2, 0.25) is 0 Å². The summed E-state index contributed by atoms with van der Waals surface area (Å²) >= 11 is 0. The first-order valence-corrected chi connectivity index (χ1v) is 11.4. The average Bonchev–Trinajstić information content (AvgIpc) is 2.80. The molecule has 4 heterocycles. The van der Waals surface area contributed by atoms with Crippen molar-refractivity contribution in [1.82, 2.24) is 19.9 Å². The number of rotatable bonds is 3. The predicted molar refractivity (Wildman–Crippen MR) is 127 cm³/mol. The third-order valence-electron chi connectivity index (χ3n) is 6.47. The van der Waals surface area contributed by atoms with Crippen LogP contribution in [0.3, 0.4) is 0 Å². The Hall–Kier alpha value is -3.25. The summed E-state index contributed by atoms with van der Waals surface area (Å²) in [7, 11) is 0. The number of benzene rings is 1. The molecule has 33 heavy (non-hydrogen) atoms. The first-order chi connectivity index (χ1) is 15.9. The number of fused-ring (bicyclic) bond motifs is 1. The van der Waals surface area contributed by atoms with Gasteiger partial charge in [-0.15, -0.1) is 0 Å². The number of ether oxygens (including phenoxy) is 1. The molecule has 1 aliphatic heterocycles. The summed E-state index contributed by atoms with van der Waals surface area (Å²) in [6, 6.07) is 11.3. The third-order valence-corrected chi connectivity index (χ3v) is 6.47. The molecule has 5 rings (SSSR count). The molecule has 1 saturated heterocycles. The number of pyridine rings is 2. The SMILES string of the molecule is Cc1ccc(-c2nc([C@@H]3CCO[C@H](c4ccnc(C)c4)C3)nc3nc(C)c(C)cc23)c(F)c1. The Morgan fingerprint density at radius 1 is 0.970 bits per heavy atom. The van der Waals surface area contributed by atoms with Crippen LogP contribution >= 0.6 is 0 Å². The standard InChI is InChI=1S/C27H27FN4O/c1-15-5-6-21(23(28)11-15)25-22-12-16(2)18(4)30-27(22)32-26(31-25)20-8-10-33-24(14-20)19-7-9-29-17(3)13-19/h5-7,9,11-13,20,24H,8,10,14H2,1-4H3/t20-,24+/m1/s1.